The van der Waals surface area contributed by atoms with E-state index in [9.17, 15) is 13.2 Å². The van der Waals surface area contributed by atoms with Crippen molar-refractivity contribution in [1.29, 1.82) is 0 Å². The molecule has 0 bridgehead atoms. The van der Waals surface area contributed by atoms with Gasteiger partial charge in [0.05, 0.1) is 11.4 Å². The smallest absolute Gasteiger partial charge is 0.224 e. The molecule has 0 saturated carbocycles. The third kappa shape index (κ3) is 3.56. The van der Waals surface area contributed by atoms with Gasteiger partial charge >= 0.3 is 0 Å². The van der Waals surface area contributed by atoms with E-state index in [1.165, 1.54) is 4.90 Å². The molecule has 2 heterocycles. The molecule has 5 nitrogen and oxygen atoms in total. The van der Waals surface area contributed by atoms with Crippen molar-refractivity contribution in [3.05, 3.63) is 78.0 Å². The van der Waals surface area contributed by atoms with Gasteiger partial charge < -0.3 is 4.90 Å². The van der Waals surface area contributed by atoms with E-state index >= 15 is 0 Å². The van der Waals surface area contributed by atoms with Gasteiger partial charge in [-0.2, -0.15) is 0 Å². The predicted octanol–water partition coefficient (Wildman–Crippen LogP) is 4.00. The molecule has 3 aromatic rings. The maximum atomic E-state index is 12.6. The highest BCUT2D eigenvalue weighted by atomic mass is 32.2. The normalized spacial score (nSPS) is 18.6. The van der Waals surface area contributed by atoms with E-state index < -0.39 is 15.2 Å². The van der Waals surface area contributed by atoms with E-state index in [0.29, 0.717) is 5.56 Å². The van der Waals surface area contributed by atoms with Crippen LogP contribution < -0.4 is 0 Å². The number of nitrogens with zero attached hydrogens (tertiary/aromatic N) is 2. The molecule has 2 aromatic carbocycles. The first kappa shape index (κ1) is 19.3. The van der Waals surface area contributed by atoms with Gasteiger partial charge in [-0.15, -0.1) is 0 Å². The second kappa shape index (κ2) is 7.44. The van der Waals surface area contributed by atoms with Crippen molar-refractivity contribution in [2.45, 2.75) is 18.7 Å². The van der Waals surface area contributed by atoms with E-state index in [2.05, 4.69) is 18.0 Å². The highest BCUT2D eigenvalue weighted by molar-refractivity contribution is 7.91. The summed E-state index contributed by atoms with van der Waals surface area (Å²) in [5.41, 5.74) is 5.68. The summed E-state index contributed by atoms with van der Waals surface area (Å²) in [6, 6.07) is 19.4. The fourth-order valence-corrected chi connectivity index (χ4v) is 5.76. The largest absolute Gasteiger partial charge is 0.325 e. The Morgan fingerprint density at radius 3 is 2.45 bits per heavy atom. The molecule has 1 fully saturated rings. The Hall–Kier alpha value is -2.99. The van der Waals surface area contributed by atoms with E-state index in [1.807, 2.05) is 42.5 Å². The Morgan fingerprint density at radius 1 is 1.00 bits per heavy atom. The molecule has 148 valence electrons. The highest BCUT2D eigenvalue weighted by Gasteiger charge is 2.38. The number of amides is 1. The van der Waals surface area contributed by atoms with Crippen molar-refractivity contribution >= 4 is 15.7 Å². The first-order valence-electron chi connectivity index (χ1n) is 9.47. The molecule has 0 spiro atoms. The molecule has 0 aliphatic carbocycles. The lowest BCUT2D eigenvalue weighted by Crippen LogP contribution is -2.42. The molecule has 1 aromatic heterocycles. The summed E-state index contributed by atoms with van der Waals surface area (Å²) in [5, 5.41) is -0.925. The summed E-state index contributed by atoms with van der Waals surface area (Å²) >= 11 is 0. The first-order chi connectivity index (χ1) is 13.9. The van der Waals surface area contributed by atoms with Gasteiger partial charge in [0.25, 0.3) is 0 Å². The lowest BCUT2D eigenvalue weighted by Gasteiger charge is -2.32. The van der Waals surface area contributed by atoms with Gasteiger partial charge in [-0.25, -0.2) is 8.42 Å². The van der Waals surface area contributed by atoms with Crippen LogP contribution in [0.15, 0.2) is 66.9 Å². The molecule has 1 aliphatic heterocycles. The number of carbonyl (C=O) groups excluding carboxylic acids is 1. The maximum Gasteiger partial charge on any atom is 0.224 e. The Kier molecular flexibility index (Phi) is 4.96. The van der Waals surface area contributed by atoms with Crippen LogP contribution in [0.25, 0.3) is 22.4 Å². The van der Waals surface area contributed by atoms with E-state index in [1.54, 1.807) is 25.4 Å². The van der Waals surface area contributed by atoms with Crippen LogP contribution in [0.2, 0.25) is 0 Å². The van der Waals surface area contributed by atoms with Gasteiger partial charge in [-0.1, -0.05) is 48.5 Å². The van der Waals surface area contributed by atoms with Gasteiger partial charge in [-0.05, 0) is 41.3 Å². The number of rotatable bonds is 3. The van der Waals surface area contributed by atoms with E-state index in [0.717, 1.165) is 27.9 Å². The van der Waals surface area contributed by atoms with Crippen LogP contribution in [0.5, 0.6) is 0 Å². The number of pyridine rings is 1. The zero-order valence-electron chi connectivity index (χ0n) is 16.4. The molecule has 0 radical (unpaired) electrons. The Bertz CT molecular complexity index is 1160. The SMILES string of the molecule is Cc1cccc(-c2ccc(C3N(C)C(=O)CCS3(=O)=O)cc2)c1-c1ccccn1. The van der Waals surface area contributed by atoms with Crippen LogP contribution >= 0.6 is 0 Å². The van der Waals surface area contributed by atoms with E-state index in [-0.39, 0.29) is 18.1 Å². The van der Waals surface area contributed by atoms with Crippen molar-refractivity contribution in [3.63, 3.8) is 0 Å². The Balaban J connectivity index is 1.77. The molecular formula is C23H22N2O3S. The third-order valence-corrected chi connectivity index (χ3v) is 7.43. The van der Waals surface area contributed by atoms with Gasteiger partial charge in [0.15, 0.2) is 15.2 Å². The zero-order chi connectivity index (χ0) is 20.6. The Labute approximate surface area is 170 Å². The number of aromatic nitrogens is 1. The summed E-state index contributed by atoms with van der Waals surface area (Å²) in [6.45, 7) is 2.05. The molecule has 1 saturated heterocycles. The number of aryl methyl sites for hydroxylation is 1. The quantitative estimate of drug-likeness (QED) is 0.659. The van der Waals surface area contributed by atoms with E-state index in [4.69, 9.17) is 0 Å². The fourth-order valence-electron chi connectivity index (χ4n) is 3.91. The van der Waals surface area contributed by atoms with Crippen molar-refractivity contribution in [1.82, 2.24) is 9.88 Å². The van der Waals surface area contributed by atoms with Crippen molar-refractivity contribution in [3.8, 4) is 22.4 Å². The van der Waals surface area contributed by atoms with Crippen LogP contribution in [-0.2, 0) is 14.6 Å². The second-order valence-electron chi connectivity index (χ2n) is 7.31. The summed E-state index contributed by atoms with van der Waals surface area (Å²) in [5.74, 6) is -0.255. The predicted molar refractivity (Wildman–Crippen MR) is 114 cm³/mol. The lowest BCUT2D eigenvalue weighted by molar-refractivity contribution is -0.130. The molecule has 1 amide bonds. The second-order valence-corrected chi connectivity index (χ2v) is 9.49. The monoisotopic (exact) mass is 406 g/mol. The van der Waals surface area contributed by atoms with Crippen LogP contribution in [0.4, 0.5) is 0 Å². The number of benzene rings is 2. The number of sulfone groups is 1. The fraction of sp³-hybridized carbons (Fsp3) is 0.217. The minimum Gasteiger partial charge on any atom is -0.325 e. The molecular weight excluding hydrogens is 384 g/mol. The van der Waals surface area contributed by atoms with Crippen molar-refractivity contribution in [2.75, 3.05) is 12.8 Å². The minimum absolute atomic E-state index is 0.0458. The summed E-state index contributed by atoms with van der Waals surface area (Å²) < 4.78 is 25.1. The van der Waals surface area contributed by atoms with Crippen LogP contribution in [-0.4, -0.2) is 37.0 Å². The van der Waals surface area contributed by atoms with Crippen LogP contribution in [0.1, 0.15) is 22.9 Å². The number of hydrogen-bond acceptors (Lipinski definition) is 4. The van der Waals surface area contributed by atoms with Crippen molar-refractivity contribution < 1.29 is 13.2 Å². The standard InChI is InChI=1S/C23H22N2O3S/c1-16-6-5-7-19(22(16)20-8-3-4-14-24-20)17-9-11-18(12-10-17)23-25(2)21(26)13-15-29(23,27)28/h3-12,14,23H,13,15H2,1-2H3. The molecule has 1 unspecified atom stereocenters. The molecule has 4 rings (SSSR count). The third-order valence-electron chi connectivity index (χ3n) is 5.39. The summed E-state index contributed by atoms with van der Waals surface area (Å²) in [4.78, 5) is 17.9. The first-order valence-corrected chi connectivity index (χ1v) is 11.2. The zero-order valence-corrected chi connectivity index (χ0v) is 17.2. The highest BCUT2D eigenvalue weighted by Crippen LogP contribution is 2.36. The average molecular weight is 407 g/mol. The molecule has 1 aliphatic rings. The van der Waals surface area contributed by atoms with Gasteiger partial charge in [-0.3, -0.25) is 9.78 Å². The summed E-state index contributed by atoms with van der Waals surface area (Å²) in [7, 11) is -1.85. The maximum absolute atomic E-state index is 12.6. The van der Waals surface area contributed by atoms with Crippen LogP contribution in [0.3, 0.4) is 0 Å². The number of hydrogen-bond donors (Lipinski definition) is 0. The topological polar surface area (TPSA) is 67.3 Å². The van der Waals surface area contributed by atoms with Gasteiger partial charge in [0.1, 0.15) is 0 Å². The minimum atomic E-state index is -3.40. The van der Waals surface area contributed by atoms with Gasteiger partial charge in [0, 0.05) is 25.2 Å². The average Bonchev–Trinajstić information content (AvgIpc) is 2.72. The van der Waals surface area contributed by atoms with Crippen molar-refractivity contribution in [2.24, 2.45) is 0 Å². The molecule has 6 heteroatoms. The summed E-state index contributed by atoms with van der Waals surface area (Å²) in [6.07, 6.45) is 1.82. The van der Waals surface area contributed by atoms with Gasteiger partial charge in [0.2, 0.25) is 5.91 Å². The molecule has 1 atom stereocenters. The van der Waals surface area contributed by atoms with Crippen LogP contribution in [0, 0.1) is 6.92 Å². The molecule has 0 N–H and O–H groups in total. The molecule has 29 heavy (non-hydrogen) atoms. The number of carbonyl (C=O) groups is 1. The Morgan fingerprint density at radius 2 is 1.76 bits per heavy atom. The lowest BCUT2D eigenvalue weighted by atomic mass is 9.93.